The molecule has 1 heterocycles. The zero-order chi connectivity index (χ0) is 11.6. The summed E-state index contributed by atoms with van der Waals surface area (Å²) in [4.78, 5) is 11.1. The average Bonchev–Trinajstić information content (AvgIpc) is 2.46. The van der Waals surface area contributed by atoms with Crippen LogP contribution in [0.5, 0.6) is 0 Å². The van der Waals surface area contributed by atoms with Crippen molar-refractivity contribution in [1.82, 2.24) is 4.31 Å². The summed E-state index contributed by atoms with van der Waals surface area (Å²) in [5, 5.41) is 9.06. The smallest absolute Gasteiger partial charge is 0.322 e. The van der Waals surface area contributed by atoms with Crippen LogP contribution in [0.3, 0.4) is 0 Å². The fraction of sp³-hybridized carbons (Fsp3) is 0.889. The molecular formula is C9H17NO4S. The van der Waals surface area contributed by atoms with E-state index >= 15 is 0 Å². The second kappa shape index (κ2) is 4.49. The Morgan fingerprint density at radius 2 is 2.13 bits per heavy atom. The topological polar surface area (TPSA) is 74.7 Å². The lowest BCUT2D eigenvalue weighted by atomic mass is 9.99. The highest BCUT2D eigenvalue weighted by Crippen LogP contribution is 2.23. The van der Waals surface area contributed by atoms with Gasteiger partial charge in [-0.15, -0.1) is 0 Å². The molecule has 5 nitrogen and oxygen atoms in total. The van der Waals surface area contributed by atoms with Crippen LogP contribution in [0.2, 0.25) is 0 Å². The molecule has 0 aromatic carbocycles. The number of hydrogen-bond acceptors (Lipinski definition) is 3. The van der Waals surface area contributed by atoms with E-state index in [1.165, 1.54) is 0 Å². The molecule has 2 unspecified atom stereocenters. The van der Waals surface area contributed by atoms with Crippen molar-refractivity contribution in [3.63, 3.8) is 0 Å². The van der Waals surface area contributed by atoms with E-state index in [0.29, 0.717) is 19.4 Å². The maximum Gasteiger partial charge on any atom is 0.322 e. The quantitative estimate of drug-likeness (QED) is 0.771. The molecule has 0 radical (unpaired) electrons. The lowest BCUT2D eigenvalue weighted by molar-refractivity contribution is -0.143. The number of carbonyl (C=O) groups is 1. The highest BCUT2D eigenvalue weighted by atomic mass is 32.2. The summed E-state index contributed by atoms with van der Waals surface area (Å²) in [6.07, 6.45) is 1.19. The van der Waals surface area contributed by atoms with Crippen LogP contribution in [-0.4, -0.2) is 42.1 Å². The van der Waals surface area contributed by atoms with Gasteiger partial charge in [-0.1, -0.05) is 20.3 Å². The molecule has 0 aromatic rings. The summed E-state index contributed by atoms with van der Waals surface area (Å²) in [5.74, 6) is -1.13. The predicted molar refractivity (Wildman–Crippen MR) is 56.0 cm³/mol. The largest absolute Gasteiger partial charge is 0.480 e. The number of nitrogens with zero attached hydrogens (tertiary/aromatic N) is 1. The lowest BCUT2D eigenvalue weighted by Gasteiger charge is -2.27. The number of sulfonamides is 1. The molecule has 1 N–H and O–H groups in total. The van der Waals surface area contributed by atoms with Gasteiger partial charge in [0.2, 0.25) is 10.0 Å². The first-order valence-electron chi connectivity index (χ1n) is 5.12. The Labute approximate surface area is 90.1 Å². The second-order valence-electron chi connectivity index (χ2n) is 3.95. The molecule has 1 rings (SSSR count). The Hall–Kier alpha value is -0.620. The maximum atomic E-state index is 11.6. The summed E-state index contributed by atoms with van der Waals surface area (Å²) in [7, 11) is -3.33. The van der Waals surface area contributed by atoms with Crippen LogP contribution >= 0.6 is 0 Å². The molecule has 88 valence electrons. The molecule has 0 aromatic heterocycles. The van der Waals surface area contributed by atoms with Gasteiger partial charge in [0, 0.05) is 6.54 Å². The van der Waals surface area contributed by atoms with Gasteiger partial charge >= 0.3 is 5.97 Å². The van der Waals surface area contributed by atoms with Gasteiger partial charge in [0.1, 0.15) is 6.04 Å². The van der Waals surface area contributed by atoms with Crippen molar-refractivity contribution in [2.75, 3.05) is 12.3 Å². The summed E-state index contributed by atoms with van der Waals surface area (Å²) in [6.45, 7) is 3.97. The molecule has 1 fully saturated rings. The minimum absolute atomic E-state index is 0.0766. The third kappa shape index (κ3) is 2.49. The van der Waals surface area contributed by atoms with E-state index in [1.807, 2.05) is 6.92 Å². The van der Waals surface area contributed by atoms with Crippen molar-refractivity contribution < 1.29 is 18.3 Å². The maximum absolute atomic E-state index is 11.6. The highest BCUT2D eigenvalue weighted by Gasteiger charge is 2.40. The van der Waals surface area contributed by atoms with Crippen LogP contribution in [0.25, 0.3) is 0 Å². The first kappa shape index (κ1) is 12.4. The fourth-order valence-electron chi connectivity index (χ4n) is 1.84. The number of carboxylic acid groups (broad SMARTS) is 1. The molecule has 1 aliphatic rings. The zero-order valence-corrected chi connectivity index (χ0v) is 9.83. The van der Waals surface area contributed by atoms with Crippen LogP contribution in [0.15, 0.2) is 0 Å². The van der Waals surface area contributed by atoms with Crippen LogP contribution in [-0.2, 0) is 14.8 Å². The fourth-order valence-corrected chi connectivity index (χ4v) is 3.62. The van der Waals surface area contributed by atoms with E-state index in [0.717, 1.165) is 4.31 Å². The van der Waals surface area contributed by atoms with Gasteiger partial charge in [-0.25, -0.2) is 8.42 Å². The molecule has 0 saturated carbocycles. The lowest BCUT2D eigenvalue weighted by Crippen LogP contribution is -2.46. The molecule has 15 heavy (non-hydrogen) atoms. The summed E-state index contributed by atoms with van der Waals surface area (Å²) in [5.41, 5.74) is 0. The SMILES string of the molecule is CCC(C)C(C(=O)O)N1CCCS1(=O)=O. The van der Waals surface area contributed by atoms with Gasteiger partial charge in [-0.3, -0.25) is 4.79 Å². The van der Waals surface area contributed by atoms with Crippen molar-refractivity contribution in [3.05, 3.63) is 0 Å². The van der Waals surface area contributed by atoms with Gasteiger partial charge in [0.25, 0.3) is 0 Å². The first-order chi connectivity index (χ1) is 6.90. The molecule has 2 atom stereocenters. The van der Waals surface area contributed by atoms with Crippen molar-refractivity contribution >= 4 is 16.0 Å². The molecule has 1 saturated heterocycles. The van der Waals surface area contributed by atoms with E-state index in [4.69, 9.17) is 5.11 Å². The highest BCUT2D eigenvalue weighted by molar-refractivity contribution is 7.89. The van der Waals surface area contributed by atoms with Gasteiger partial charge in [-0.2, -0.15) is 4.31 Å². The van der Waals surface area contributed by atoms with Crippen molar-refractivity contribution in [1.29, 1.82) is 0 Å². The number of rotatable bonds is 4. The molecular weight excluding hydrogens is 218 g/mol. The second-order valence-corrected chi connectivity index (χ2v) is 5.99. The summed E-state index contributed by atoms with van der Waals surface area (Å²) >= 11 is 0. The van der Waals surface area contributed by atoms with Crippen LogP contribution in [0.1, 0.15) is 26.7 Å². The van der Waals surface area contributed by atoms with E-state index in [-0.39, 0.29) is 11.7 Å². The molecule has 0 amide bonds. The minimum atomic E-state index is -3.33. The van der Waals surface area contributed by atoms with E-state index in [2.05, 4.69) is 0 Å². The van der Waals surface area contributed by atoms with Crippen molar-refractivity contribution in [2.45, 2.75) is 32.7 Å². The van der Waals surface area contributed by atoms with E-state index in [9.17, 15) is 13.2 Å². The van der Waals surface area contributed by atoms with E-state index in [1.54, 1.807) is 6.92 Å². The monoisotopic (exact) mass is 235 g/mol. The Kier molecular flexibility index (Phi) is 3.72. The van der Waals surface area contributed by atoms with Gasteiger partial charge in [-0.05, 0) is 12.3 Å². The van der Waals surface area contributed by atoms with Gasteiger partial charge in [0.05, 0.1) is 5.75 Å². The Bertz CT molecular complexity index is 338. The molecule has 0 aliphatic carbocycles. The van der Waals surface area contributed by atoms with E-state index < -0.39 is 22.0 Å². The standard InChI is InChI=1S/C9H17NO4S/c1-3-7(2)8(9(11)12)10-5-4-6-15(10,13)14/h7-8H,3-6H2,1-2H3,(H,11,12). The Balaban J connectivity index is 2.95. The van der Waals surface area contributed by atoms with Gasteiger partial charge < -0.3 is 5.11 Å². The Morgan fingerprint density at radius 3 is 2.47 bits per heavy atom. The third-order valence-corrected chi connectivity index (χ3v) is 4.81. The van der Waals surface area contributed by atoms with Crippen molar-refractivity contribution in [2.24, 2.45) is 5.92 Å². The normalized spacial score (nSPS) is 24.9. The summed E-state index contributed by atoms with van der Waals surface area (Å²) < 4.78 is 24.3. The molecule has 6 heteroatoms. The Morgan fingerprint density at radius 1 is 1.53 bits per heavy atom. The minimum Gasteiger partial charge on any atom is -0.480 e. The third-order valence-electron chi connectivity index (χ3n) is 2.88. The summed E-state index contributed by atoms with van der Waals surface area (Å²) in [6, 6.07) is -0.900. The molecule has 0 bridgehead atoms. The van der Waals surface area contributed by atoms with Crippen molar-refractivity contribution in [3.8, 4) is 0 Å². The van der Waals surface area contributed by atoms with Crippen LogP contribution in [0.4, 0.5) is 0 Å². The number of hydrogen-bond donors (Lipinski definition) is 1. The first-order valence-corrected chi connectivity index (χ1v) is 6.73. The number of aliphatic carboxylic acids is 1. The average molecular weight is 235 g/mol. The molecule has 1 aliphatic heterocycles. The number of carboxylic acids is 1. The van der Waals surface area contributed by atoms with Gasteiger partial charge in [0.15, 0.2) is 0 Å². The van der Waals surface area contributed by atoms with Crippen LogP contribution < -0.4 is 0 Å². The molecule has 0 spiro atoms. The predicted octanol–water partition coefficient (Wildman–Crippen LogP) is 0.521. The zero-order valence-electron chi connectivity index (χ0n) is 9.01. The van der Waals surface area contributed by atoms with Crippen LogP contribution in [0, 0.1) is 5.92 Å².